The van der Waals surface area contributed by atoms with E-state index in [9.17, 15) is 4.79 Å². The molecule has 3 fully saturated rings. The van der Waals surface area contributed by atoms with Gasteiger partial charge in [0.2, 0.25) is 0 Å². The van der Waals surface area contributed by atoms with Crippen LogP contribution in [0.3, 0.4) is 0 Å². The number of ether oxygens (including phenoxy) is 1. The van der Waals surface area contributed by atoms with Crippen molar-refractivity contribution < 1.29 is 9.53 Å². The Kier molecular flexibility index (Phi) is 7.86. The van der Waals surface area contributed by atoms with Crippen molar-refractivity contribution in [3.63, 3.8) is 0 Å². The van der Waals surface area contributed by atoms with Crippen LogP contribution in [0.15, 0.2) is 58.4 Å². The summed E-state index contributed by atoms with van der Waals surface area (Å²) in [6.45, 7) is 9.54. The molecule has 0 unspecified atom stereocenters. The van der Waals surface area contributed by atoms with E-state index in [0.29, 0.717) is 6.54 Å². The highest BCUT2D eigenvalue weighted by molar-refractivity contribution is 8.18. The number of morpholine rings is 1. The number of aryl methyl sites for hydroxylation is 1. The molecule has 3 aliphatic heterocycles. The molecule has 0 N–H and O–H groups in total. The van der Waals surface area contributed by atoms with Crippen molar-refractivity contribution >= 4 is 40.3 Å². The Balaban J connectivity index is 1.34. The molecule has 3 heterocycles. The summed E-state index contributed by atoms with van der Waals surface area (Å²) in [4.78, 5) is 25.8. The molecule has 6 nitrogen and oxygen atoms in total. The Labute approximate surface area is 212 Å². The molecule has 35 heavy (non-hydrogen) atoms. The third-order valence-corrected chi connectivity index (χ3v) is 7.85. The van der Waals surface area contributed by atoms with E-state index in [1.165, 1.54) is 35.9 Å². The number of hydrogen-bond donors (Lipinski definition) is 0. The molecule has 0 spiro atoms. The zero-order valence-electron chi connectivity index (χ0n) is 20.5. The molecule has 0 radical (unpaired) electrons. The molecule has 3 saturated heterocycles. The number of carbonyl (C=O) groups excluding carboxylic acids is 1. The lowest BCUT2D eigenvalue weighted by Gasteiger charge is -2.27. The quantitative estimate of drug-likeness (QED) is 0.516. The van der Waals surface area contributed by atoms with Crippen molar-refractivity contribution in [1.82, 2.24) is 9.80 Å². The molecule has 1 amide bonds. The molecule has 2 aromatic rings. The first kappa shape index (κ1) is 24.1. The van der Waals surface area contributed by atoms with Crippen molar-refractivity contribution in [2.75, 3.05) is 57.4 Å². The average molecular weight is 491 g/mol. The van der Waals surface area contributed by atoms with E-state index in [1.54, 1.807) is 0 Å². The van der Waals surface area contributed by atoms with Gasteiger partial charge in [-0.05, 0) is 79.4 Å². The number of para-hydroxylation sites is 1. The minimum Gasteiger partial charge on any atom is -0.379 e. The summed E-state index contributed by atoms with van der Waals surface area (Å²) in [6, 6.07) is 16.5. The monoisotopic (exact) mass is 490 g/mol. The summed E-state index contributed by atoms with van der Waals surface area (Å²) >= 11 is 1.48. The molecular formula is C28H34N4O2S. The van der Waals surface area contributed by atoms with Crippen molar-refractivity contribution in [1.29, 1.82) is 0 Å². The van der Waals surface area contributed by atoms with Crippen molar-refractivity contribution in [2.45, 2.75) is 26.2 Å². The number of thioether (sulfide) groups is 1. The molecule has 0 bridgehead atoms. The first-order valence-electron chi connectivity index (χ1n) is 12.7. The second-order valence-electron chi connectivity index (χ2n) is 9.34. The summed E-state index contributed by atoms with van der Waals surface area (Å²) in [5.74, 6) is 0.0506. The topological polar surface area (TPSA) is 48.4 Å². The summed E-state index contributed by atoms with van der Waals surface area (Å²) in [5.41, 5.74) is 4.44. The fourth-order valence-corrected chi connectivity index (χ4v) is 5.83. The van der Waals surface area contributed by atoms with Crippen LogP contribution in [-0.4, -0.2) is 73.4 Å². The molecular weight excluding hydrogens is 456 g/mol. The van der Waals surface area contributed by atoms with Gasteiger partial charge in [0.25, 0.3) is 5.91 Å². The van der Waals surface area contributed by atoms with Crippen LogP contribution in [0.5, 0.6) is 0 Å². The third kappa shape index (κ3) is 5.97. The highest BCUT2D eigenvalue weighted by Gasteiger charge is 2.33. The first-order valence-corrected chi connectivity index (χ1v) is 13.5. The van der Waals surface area contributed by atoms with Gasteiger partial charge >= 0.3 is 0 Å². The van der Waals surface area contributed by atoms with Crippen LogP contribution >= 0.6 is 11.8 Å². The van der Waals surface area contributed by atoms with Gasteiger partial charge in [-0.3, -0.25) is 14.6 Å². The Morgan fingerprint density at radius 2 is 1.77 bits per heavy atom. The van der Waals surface area contributed by atoms with E-state index in [0.717, 1.165) is 73.7 Å². The fourth-order valence-electron chi connectivity index (χ4n) is 4.81. The third-order valence-electron chi connectivity index (χ3n) is 6.84. The number of amides is 1. The van der Waals surface area contributed by atoms with Gasteiger partial charge in [-0.2, -0.15) is 0 Å². The fraction of sp³-hybridized carbons (Fsp3) is 0.429. The predicted molar refractivity (Wildman–Crippen MR) is 145 cm³/mol. The number of rotatable bonds is 7. The van der Waals surface area contributed by atoms with Crippen LogP contribution in [0.1, 0.15) is 30.4 Å². The Bertz CT molecular complexity index is 1090. The van der Waals surface area contributed by atoms with Gasteiger partial charge in [0.1, 0.15) is 0 Å². The number of benzene rings is 2. The van der Waals surface area contributed by atoms with Gasteiger partial charge in [-0.25, -0.2) is 4.99 Å². The summed E-state index contributed by atoms with van der Waals surface area (Å²) in [5, 5.41) is 0.765. The average Bonchev–Trinajstić information content (AvgIpc) is 3.52. The number of hydrogen-bond acceptors (Lipinski definition) is 6. The van der Waals surface area contributed by atoms with E-state index >= 15 is 0 Å². The number of carbonyl (C=O) groups is 1. The lowest BCUT2D eigenvalue weighted by molar-refractivity contribution is -0.122. The van der Waals surface area contributed by atoms with Crippen LogP contribution in [0.25, 0.3) is 6.08 Å². The molecule has 0 atom stereocenters. The molecule has 7 heteroatoms. The number of anilines is 1. The van der Waals surface area contributed by atoms with Crippen LogP contribution in [0.2, 0.25) is 0 Å². The van der Waals surface area contributed by atoms with Gasteiger partial charge in [0.05, 0.1) is 23.8 Å². The van der Waals surface area contributed by atoms with Crippen molar-refractivity contribution in [2.24, 2.45) is 4.99 Å². The first-order chi connectivity index (χ1) is 17.2. The minimum atomic E-state index is 0.0506. The highest BCUT2D eigenvalue weighted by atomic mass is 32.2. The molecule has 3 aliphatic rings. The molecule has 0 aromatic heterocycles. The van der Waals surface area contributed by atoms with Gasteiger partial charge in [0.15, 0.2) is 5.17 Å². The molecule has 2 aromatic carbocycles. The smallest absolute Gasteiger partial charge is 0.266 e. The highest BCUT2D eigenvalue weighted by Crippen LogP contribution is 2.35. The Hall–Kier alpha value is -2.61. The zero-order chi connectivity index (χ0) is 24.0. The van der Waals surface area contributed by atoms with Gasteiger partial charge in [0, 0.05) is 45.0 Å². The second-order valence-corrected chi connectivity index (χ2v) is 10.3. The predicted octanol–water partition coefficient (Wildman–Crippen LogP) is 4.92. The number of aliphatic imine (C=N–C) groups is 1. The van der Waals surface area contributed by atoms with Crippen molar-refractivity contribution in [3.8, 4) is 0 Å². The molecule has 184 valence electrons. The van der Waals surface area contributed by atoms with E-state index in [-0.39, 0.29) is 5.91 Å². The standard InChI is InChI=1S/C28H34N4O2S/c1-22-20-25(31-13-5-6-14-31)11-10-23(22)21-26-27(33)32(15-7-12-30-16-18-34-19-17-30)28(35-26)29-24-8-3-2-4-9-24/h2-4,8-11,20-21H,5-7,12-19H2,1H3/b26-21-,29-28?. The summed E-state index contributed by atoms with van der Waals surface area (Å²) < 4.78 is 5.46. The maximum atomic E-state index is 13.5. The van der Waals surface area contributed by atoms with E-state index in [1.807, 2.05) is 41.3 Å². The van der Waals surface area contributed by atoms with Gasteiger partial charge in [-0.1, -0.05) is 24.3 Å². The van der Waals surface area contributed by atoms with Crippen molar-refractivity contribution in [3.05, 3.63) is 64.6 Å². The second kappa shape index (κ2) is 11.4. The van der Waals surface area contributed by atoms with E-state index in [2.05, 4.69) is 34.9 Å². The minimum absolute atomic E-state index is 0.0506. The summed E-state index contributed by atoms with van der Waals surface area (Å²) in [7, 11) is 0. The SMILES string of the molecule is Cc1cc(N2CCCC2)ccc1/C=C1\SC(=Nc2ccccc2)N(CCCN2CCOCC2)C1=O. The van der Waals surface area contributed by atoms with Crippen LogP contribution in [0.4, 0.5) is 11.4 Å². The zero-order valence-corrected chi connectivity index (χ0v) is 21.3. The molecule has 0 aliphatic carbocycles. The van der Waals surface area contributed by atoms with Crippen LogP contribution < -0.4 is 4.90 Å². The number of amidine groups is 1. The van der Waals surface area contributed by atoms with E-state index < -0.39 is 0 Å². The maximum absolute atomic E-state index is 13.5. The lowest BCUT2D eigenvalue weighted by atomic mass is 10.1. The number of nitrogens with zero attached hydrogens (tertiary/aromatic N) is 4. The van der Waals surface area contributed by atoms with Gasteiger partial charge < -0.3 is 9.64 Å². The van der Waals surface area contributed by atoms with Crippen LogP contribution in [0, 0.1) is 6.92 Å². The van der Waals surface area contributed by atoms with E-state index in [4.69, 9.17) is 9.73 Å². The Morgan fingerprint density at radius 3 is 2.51 bits per heavy atom. The molecule has 0 saturated carbocycles. The maximum Gasteiger partial charge on any atom is 0.266 e. The lowest BCUT2D eigenvalue weighted by Crippen LogP contribution is -2.38. The van der Waals surface area contributed by atoms with Gasteiger partial charge in [-0.15, -0.1) is 0 Å². The molecule has 5 rings (SSSR count). The largest absolute Gasteiger partial charge is 0.379 e. The van der Waals surface area contributed by atoms with Crippen LogP contribution in [-0.2, 0) is 9.53 Å². The Morgan fingerprint density at radius 1 is 1.00 bits per heavy atom. The normalized spacial score (nSPS) is 21.6. The summed E-state index contributed by atoms with van der Waals surface area (Å²) in [6.07, 6.45) is 5.48.